The van der Waals surface area contributed by atoms with E-state index in [2.05, 4.69) is 5.32 Å². The van der Waals surface area contributed by atoms with E-state index in [-0.39, 0.29) is 19.1 Å². The minimum Gasteiger partial charge on any atom is -0.489 e. The summed E-state index contributed by atoms with van der Waals surface area (Å²) in [6.45, 7) is 3.58. The molecule has 6 nitrogen and oxygen atoms in total. The van der Waals surface area contributed by atoms with Crippen molar-refractivity contribution in [2.45, 2.75) is 19.4 Å². The van der Waals surface area contributed by atoms with Crippen molar-refractivity contribution in [3.63, 3.8) is 0 Å². The van der Waals surface area contributed by atoms with E-state index in [4.69, 9.17) is 10.5 Å². The number of nitrogens with two attached hydrogens (primary N) is 1. The van der Waals surface area contributed by atoms with Gasteiger partial charge in [-0.25, -0.2) is 0 Å². The molecule has 4 N–H and O–H groups in total. The maximum atomic E-state index is 11.4. The number of aliphatic hydroxyl groups excluding tert-OH is 1. The Morgan fingerprint density at radius 1 is 1.48 bits per heavy atom. The topological polar surface area (TPSA) is 87.8 Å². The minimum absolute atomic E-state index is 0.0659. The average Bonchev–Trinajstić information content (AvgIpc) is 2.46. The van der Waals surface area contributed by atoms with Crippen molar-refractivity contribution in [1.82, 2.24) is 10.2 Å². The molecule has 0 saturated carbocycles. The molecule has 1 aromatic rings. The summed E-state index contributed by atoms with van der Waals surface area (Å²) in [5, 5.41) is 12.6. The summed E-state index contributed by atoms with van der Waals surface area (Å²) >= 11 is 0. The number of nitrogens with one attached hydrogen (secondary N) is 1. The second kappa shape index (κ2) is 9.20. The summed E-state index contributed by atoms with van der Waals surface area (Å²) in [5.74, 6) is 0.494. The fraction of sp³-hybridized carbons (Fsp3) is 0.533. The minimum atomic E-state index is -0.680. The Morgan fingerprint density at radius 2 is 2.19 bits per heavy atom. The van der Waals surface area contributed by atoms with E-state index in [1.165, 1.54) is 0 Å². The molecule has 1 amide bonds. The molecule has 0 spiro atoms. The molecular formula is C15H25N3O3. The second-order valence-electron chi connectivity index (χ2n) is 4.91. The highest BCUT2D eigenvalue weighted by Gasteiger charge is 2.14. The Labute approximate surface area is 125 Å². The number of carbonyl (C=O) groups excluding carboxylic acids is 1. The van der Waals surface area contributed by atoms with Gasteiger partial charge in [0.15, 0.2) is 0 Å². The van der Waals surface area contributed by atoms with Crippen LogP contribution in [0.25, 0.3) is 0 Å². The van der Waals surface area contributed by atoms with E-state index >= 15 is 0 Å². The molecule has 118 valence electrons. The van der Waals surface area contributed by atoms with Gasteiger partial charge in [-0.05, 0) is 25.1 Å². The number of para-hydroxylation sites is 2. The molecule has 0 fully saturated rings. The zero-order valence-electron chi connectivity index (χ0n) is 12.7. The summed E-state index contributed by atoms with van der Waals surface area (Å²) in [7, 11) is 1.60. The van der Waals surface area contributed by atoms with Gasteiger partial charge in [0.25, 0.3) is 0 Å². The molecule has 0 aliphatic heterocycles. The second-order valence-corrected chi connectivity index (χ2v) is 4.91. The van der Waals surface area contributed by atoms with Gasteiger partial charge in [0.2, 0.25) is 5.91 Å². The van der Waals surface area contributed by atoms with Crippen LogP contribution in [-0.4, -0.2) is 55.3 Å². The van der Waals surface area contributed by atoms with Gasteiger partial charge in [0.05, 0.1) is 12.2 Å². The van der Waals surface area contributed by atoms with E-state index in [1.54, 1.807) is 19.2 Å². The Morgan fingerprint density at radius 3 is 2.81 bits per heavy atom. The van der Waals surface area contributed by atoms with Crippen molar-refractivity contribution < 1.29 is 14.6 Å². The predicted molar refractivity (Wildman–Crippen MR) is 83.2 cm³/mol. The molecule has 1 unspecified atom stereocenters. The van der Waals surface area contributed by atoms with Crippen LogP contribution in [0.15, 0.2) is 24.3 Å². The molecule has 1 aromatic carbocycles. The number of likely N-dealkylation sites (N-methyl/N-ethyl adjacent to an activating group) is 1. The van der Waals surface area contributed by atoms with Crippen LogP contribution in [0, 0.1) is 0 Å². The molecule has 1 rings (SSSR count). The highest BCUT2D eigenvalue weighted by Crippen LogP contribution is 2.19. The molecule has 1 atom stereocenters. The SMILES string of the molecule is CCCN(CC(=O)NC)CC(O)COc1ccccc1N. The van der Waals surface area contributed by atoms with E-state index in [0.29, 0.717) is 18.0 Å². The van der Waals surface area contributed by atoms with Crippen LogP contribution < -0.4 is 15.8 Å². The third-order valence-electron chi connectivity index (χ3n) is 3.01. The molecule has 0 saturated heterocycles. The standard InChI is InChI=1S/C15H25N3O3/c1-3-8-18(10-15(20)17-2)9-12(19)11-21-14-7-5-4-6-13(14)16/h4-7,12,19H,3,8-11,16H2,1-2H3,(H,17,20). The molecule has 0 aliphatic rings. The van der Waals surface area contributed by atoms with Crippen molar-refractivity contribution in [3.8, 4) is 5.75 Å². The van der Waals surface area contributed by atoms with Crippen molar-refractivity contribution in [2.75, 3.05) is 39.0 Å². The lowest BCUT2D eigenvalue weighted by Gasteiger charge is -2.24. The molecule has 0 aromatic heterocycles. The number of ether oxygens (including phenoxy) is 1. The largest absolute Gasteiger partial charge is 0.489 e. The maximum Gasteiger partial charge on any atom is 0.233 e. The summed E-state index contributed by atoms with van der Waals surface area (Å²) < 4.78 is 5.51. The molecule has 6 heteroatoms. The lowest BCUT2D eigenvalue weighted by molar-refractivity contribution is -0.122. The first-order chi connectivity index (χ1) is 10.1. The van der Waals surface area contributed by atoms with Crippen LogP contribution in [0.2, 0.25) is 0 Å². The zero-order chi connectivity index (χ0) is 15.7. The number of nitrogens with zero attached hydrogens (tertiary/aromatic N) is 1. The monoisotopic (exact) mass is 295 g/mol. The highest BCUT2D eigenvalue weighted by molar-refractivity contribution is 5.77. The predicted octanol–water partition coefficient (Wildman–Crippen LogP) is 0.467. The first-order valence-corrected chi connectivity index (χ1v) is 7.15. The quantitative estimate of drug-likeness (QED) is 0.576. The number of anilines is 1. The average molecular weight is 295 g/mol. The lowest BCUT2D eigenvalue weighted by atomic mass is 10.3. The van der Waals surface area contributed by atoms with Crippen molar-refractivity contribution in [1.29, 1.82) is 0 Å². The number of amides is 1. The first-order valence-electron chi connectivity index (χ1n) is 7.15. The van der Waals surface area contributed by atoms with Gasteiger partial charge in [-0.2, -0.15) is 0 Å². The number of benzene rings is 1. The number of aliphatic hydroxyl groups is 1. The van der Waals surface area contributed by atoms with Gasteiger partial charge >= 0.3 is 0 Å². The Kier molecular flexibility index (Phi) is 7.56. The molecule has 0 bridgehead atoms. The van der Waals surface area contributed by atoms with Crippen LogP contribution in [0.4, 0.5) is 5.69 Å². The Balaban J connectivity index is 2.44. The highest BCUT2D eigenvalue weighted by atomic mass is 16.5. The van der Waals surface area contributed by atoms with Crippen LogP contribution in [-0.2, 0) is 4.79 Å². The third kappa shape index (κ3) is 6.46. The normalized spacial score (nSPS) is 12.2. The summed E-state index contributed by atoms with van der Waals surface area (Å²) in [4.78, 5) is 13.3. The molecular weight excluding hydrogens is 270 g/mol. The van der Waals surface area contributed by atoms with Gasteiger partial charge in [-0.3, -0.25) is 9.69 Å². The van der Waals surface area contributed by atoms with E-state index in [1.807, 2.05) is 24.0 Å². The van der Waals surface area contributed by atoms with Crippen LogP contribution in [0.3, 0.4) is 0 Å². The maximum absolute atomic E-state index is 11.4. The smallest absolute Gasteiger partial charge is 0.233 e. The van der Waals surface area contributed by atoms with Gasteiger partial charge in [-0.1, -0.05) is 19.1 Å². The van der Waals surface area contributed by atoms with E-state index in [0.717, 1.165) is 13.0 Å². The Hall–Kier alpha value is -1.79. The number of carbonyl (C=O) groups is 1. The molecule has 0 aliphatic carbocycles. The number of hydrogen-bond acceptors (Lipinski definition) is 5. The summed E-state index contributed by atoms with van der Waals surface area (Å²) in [6, 6.07) is 7.16. The molecule has 21 heavy (non-hydrogen) atoms. The number of rotatable bonds is 9. The van der Waals surface area contributed by atoms with E-state index in [9.17, 15) is 9.90 Å². The van der Waals surface area contributed by atoms with Crippen molar-refractivity contribution in [3.05, 3.63) is 24.3 Å². The van der Waals surface area contributed by atoms with Crippen LogP contribution >= 0.6 is 0 Å². The van der Waals surface area contributed by atoms with Gasteiger partial charge in [0, 0.05) is 13.6 Å². The van der Waals surface area contributed by atoms with E-state index < -0.39 is 6.10 Å². The fourth-order valence-electron chi connectivity index (χ4n) is 1.98. The summed E-state index contributed by atoms with van der Waals surface area (Å²) in [5.41, 5.74) is 6.31. The van der Waals surface area contributed by atoms with Gasteiger partial charge in [0.1, 0.15) is 18.5 Å². The fourth-order valence-corrected chi connectivity index (χ4v) is 1.98. The van der Waals surface area contributed by atoms with Gasteiger partial charge in [-0.15, -0.1) is 0 Å². The van der Waals surface area contributed by atoms with Gasteiger partial charge < -0.3 is 20.9 Å². The van der Waals surface area contributed by atoms with Crippen molar-refractivity contribution >= 4 is 11.6 Å². The Bertz CT molecular complexity index is 440. The number of nitrogen functional groups attached to an aromatic ring is 1. The molecule has 0 heterocycles. The summed E-state index contributed by atoms with van der Waals surface area (Å²) in [6.07, 6.45) is 0.233. The first kappa shape index (κ1) is 17.3. The number of hydrogen-bond donors (Lipinski definition) is 3. The zero-order valence-corrected chi connectivity index (χ0v) is 12.7. The van der Waals surface area contributed by atoms with Crippen LogP contribution in [0.1, 0.15) is 13.3 Å². The van der Waals surface area contributed by atoms with Crippen molar-refractivity contribution in [2.24, 2.45) is 0 Å². The molecule has 0 radical (unpaired) electrons. The lowest BCUT2D eigenvalue weighted by Crippen LogP contribution is -2.41. The van der Waals surface area contributed by atoms with Crippen LogP contribution in [0.5, 0.6) is 5.75 Å². The third-order valence-corrected chi connectivity index (χ3v) is 3.01.